The molecule has 2 aromatic heterocycles. The Hall–Kier alpha value is -2.83. The first-order chi connectivity index (χ1) is 14.5. The van der Waals surface area contributed by atoms with Gasteiger partial charge in [-0.25, -0.2) is 14.1 Å². The lowest BCUT2D eigenvalue weighted by molar-refractivity contribution is -0.0207. The van der Waals surface area contributed by atoms with Crippen LogP contribution in [-0.4, -0.2) is 38.7 Å². The maximum Gasteiger partial charge on any atom is 0.154 e. The molecule has 3 aromatic rings. The van der Waals surface area contributed by atoms with Gasteiger partial charge in [-0.15, -0.1) is 0 Å². The number of aromatic nitrogens is 3. The van der Waals surface area contributed by atoms with Crippen LogP contribution in [-0.2, 0) is 4.74 Å². The first-order valence-corrected chi connectivity index (χ1v) is 10.3. The monoisotopic (exact) mass is 407 g/mol. The summed E-state index contributed by atoms with van der Waals surface area (Å²) in [5, 5.41) is 14.8. The molecular formula is C24H26FN3O2. The smallest absolute Gasteiger partial charge is 0.154 e. The van der Waals surface area contributed by atoms with Gasteiger partial charge in [-0.05, 0) is 48.7 Å². The van der Waals surface area contributed by atoms with Crippen molar-refractivity contribution in [2.24, 2.45) is 0 Å². The number of pyridine rings is 1. The standard InChI is InChI=1S/C24H26FN3O2/c1-16(2)23-21(11-10-20-15-19(29)12-14-30-20)24(17-6-8-18(25)9-7-17)28(27-23)22-5-3-4-13-26-22/h3-11,13,16,19-20,29H,12,14-15H2,1-2H3. The first-order valence-electron chi connectivity index (χ1n) is 10.3. The molecule has 2 atom stereocenters. The zero-order valence-electron chi connectivity index (χ0n) is 17.2. The molecule has 0 spiro atoms. The summed E-state index contributed by atoms with van der Waals surface area (Å²) in [5.74, 6) is 0.586. The normalized spacial score (nSPS) is 19.6. The van der Waals surface area contributed by atoms with Crippen molar-refractivity contribution in [1.82, 2.24) is 14.8 Å². The van der Waals surface area contributed by atoms with E-state index in [9.17, 15) is 9.50 Å². The van der Waals surface area contributed by atoms with Crippen molar-refractivity contribution in [2.45, 2.75) is 44.8 Å². The van der Waals surface area contributed by atoms with Gasteiger partial charge in [0.15, 0.2) is 5.82 Å². The number of halogens is 1. The number of rotatable bonds is 5. The average Bonchev–Trinajstić information content (AvgIpc) is 3.13. The van der Waals surface area contributed by atoms with Gasteiger partial charge in [0.1, 0.15) is 5.82 Å². The number of hydrogen-bond donors (Lipinski definition) is 1. The van der Waals surface area contributed by atoms with Crippen LogP contribution in [0.4, 0.5) is 4.39 Å². The summed E-state index contributed by atoms with van der Waals surface area (Å²) in [6.45, 7) is 4.74. The zero-order valence-corrected chi connectivity index (χ0v) is 17.2. The van der Waals surface area contributed by atoms with Crippen LogP contribution in [0, 0.1) is 5.82 Å². The Kier molecular flexibility index (Phi) is 6.06. The van der Waals surface area contributed by atoms with Crippen molar-refractivity contribution < 1.29 is 14.2 Å². The van der Waals surface area contributed by atoms with E-state index in [-0.39, 0.29) is 23.9 Å². The highest BCUT2D eigenvalue weighted by atomic mass is 19.1. The maximum atomic E-state index is 13.6. The molecule has 0 saturated carbocycles. The molecule has 1 aliphatic rings. The minimum absolute atomic E-state index is 0.145. The Morgan fingerprint density at radius 1 is 1.20 bits per heavy atom. The second kappa shape index (κ2) is 8.90. The van der Waals surface area contributed by atoms with Gasteiger partial charge < -0.3 is 9.84 Å². The van der Waals surface area contributed by atoms with E-state index in [0.717, 1.165) is 22.5 Å². The highest BCUT2D eigenvalue weighted by Gasteiger charge is 2.23. The maximum absolute atomic E-state index is 13.6. The van der Waals surface area contributed by atoms with Gasteiger partial charge in [0, 0.05) is 30.4 Å². The molecule has 1 N–H and O–H groups in total. The molecule has 0 amide bonds. The lowest BCUT2D eigenvalue weighted by Gasteiger charge is -2.24. The molecule has 0 radical (unpaired) electrons. The van der Waals surface area contributed by atoms with Gasteiger partial charge in [0.25, 0.3) is 0 Å². The summed E-state index contributed by atoms with van der Waals surface area (Å²) in [6.07, 6.45) is 6.49. The summed E-state index contributed by atoms with van der Waals surface area (Å²) in [7, 11) is 0. The Bertz CT molecular complexity index is 1010. The first kappa shape index (κ1) is 20.4. The van der Waals surface area contributed by atoms with Crippen LogP contribution < -0.4 is 0 Å². The summed E-state index contributed by atoms with van der Waals surface area (Å²) >= 11 is 0. The largest absolute Gasteiger partial charge is 0.393 e. The van der Waals surface area contributed by atoms with E-state index in [0.29, 0.717) is 25.3 Å². The summed E-state index contributed by atoms with van der Waals surface area (Å²) in [4.78, 5) is 4.47. The van der Waals surface area contributed by atoms with Crippen molar-refractivity contribution in [3.63, 3.8) is 0 Å². The molecule has 4 rings (SSSR count). The van der Waals surface area contributed by atoms with E-state index in [1.54, 1.807) is 18.3 Å². The molecule has 1 aliphatic heterocycles. The molecule has 1 saturated heterocycles. The Balaban J connectivity index is 1.86. The summed E-state index contributed by atoms with van der Waals surface area (Å²) in [5.41, 5.74) is 3.58. The molecule has 3 heterocycles. The summed E-state index contributed by atoms with van der Waals surface area (Å²) < 4.78 is 21.2. The van der Waals surface area contributed by atoms with Crippen LogP contribution in [0.15, 0.2) is 54.7 Å². The van der Waals surface area contributed by atoms with Crippen LogP contribution >= 0.6 is 0 Å². The number of benzene rings is 1. The SMILES string of the molecule is CC(C)c1nn(-c2ccccn2)c(-c2ccc(F)cc2)c1C=CC1CC(O)CCO1. The van der Waals surface area contributed by atoms with Crippen LogP contribution in [0.5, 0.6) is 0 Å². The third-order valence-corrected chi connectivity index (χ3v) is 5.25. The molecule has 0 bridgehead atoms. The molecule has 30 heavy (non-hydrogen) atoms. The fraction of sp³-hybridized carbons (Fsp3) is 0.333. The van der Waals surface area contributed by atoms with Crippen molar-refractivity contribution in [2.75, 3.05) is 6.61 Å². The van der Waals surface area contributed by atoms with E-state index < -0.39 is 0 Å². The van der Waals surface area contributed by atoms with Gasteiger partial charge in [-0.3, -0.25) is 0 Å². The highest BCUT2D eigenvalue weighted by molar-refractivity contribution is 5.75. The van der Waals surface area contributed by atoms with Gasteiger partial charge in [0.05, 0.1) is 23.6 Å². The molecule has 2 unspecified atom stereocenters. The fourth-order valence-corrected chi connectivity index (χ4v) is 3.72. The Labute approximate surface area is 175 Å². The van der Waals surface area contributed by atoms with Crippen LogP contribution in [0.3, 0.4) is 0 Å². The van der Waals surface area contributed by atoms with Crippen LogP contribution in [0.1, 0.15) is 43.9 Å². The number of hydrogen-bond acceptors (Lipinski definition) is 4. The van der Waals surface area contributed by atoms with Crippen molar-refractivity contribution in [3.05, 3.63) is 71.8 Å². The van der Waals surface area contributed by atoms with Gasteiger partial charge in [-0.2, -0.15) is 5.10 Å². The Morgan fingerprint density at radius 3 is 2.67 bits per heavy atom. The summed E-state index contributed by atoms with van der Waals surface area (Å²) in [6, 6.07) is 12.1. The molecule has 0 aliphatic carbocycles. The second-order valence-corrected chi connectivity index (χ2v) is 7.86. The van der Waals surface area contributed by atoms with E-state index >= 15 is 0 Å². The number of aliphatic hydroxyl groups excluding tert-OH is 1. The second-order valence-electron chi connectivity index (χ2n) is 7.86. The molecular weight excluding hydrogens is 381 g/mol. The van der Waals surface area contributed by atoms with Crippen LogP contribution in [0.25, 0.3) is 23.2 Å². The predicted molar refractivity (Wildman–Crippen MR) is 115 cm³/mol. The molecule has 1 aromatic carbocycles. The third-order valence-electron chi connectivity index (χ3n) is 5.25. The van der Waals surface area contributed by atoms with Crippen molar-refractivity contribution in [1.29, 1.82) is 0 Å². The lowest BCUT2D eigenvalue weighted by atomic mass is 9.98. The van der Waals surface area contributed by atoms with E-state index in [2.05, 4.69) is 18.8 Å². The molecule has 6 heteroatoms. The van der Waals surface area contributed by atoms with E-state index in [4.69, 9.17) is 9.84 Å². The number of aliphatic hydroxyl groups is 1. The number of nitrogens with zero attached hydrogens (tertiary/aromatic N) is 3. The fourth-order valence-electron chi connectivity index (χ4n) is 3.72. The van der Waals surface area contributed by atoms with E-state index in [1.165, 1.54) is 12.1 Å². The van der Waals surface area contributed by atoms with E-state index in [1.807, 2.05) is 35.0 Å². The molecule has 1 fully saturated rings. The number of ether oxygens (including phenoxy) is 1. The Morgan fingerprint density at radius 2 is 2.00 bits per heavy atom. The zero-order chi connectivity index (χ0) is 21.1. The lowest BCUT2D eigenvalue weighted by Crippen LogP contribution is -2.27. The average molecular weight is 407 g/mol. The third kappa shape index (κ3) is 4.35. The molecule has 156 valence electrons. The van der Waals surface area contributed by atoms with Gasteiger partial charge in [0.2, 0.25) is 0 Å². The van der Waals surface area contributed by atoms with Crippen molar-refractivity contribution >= 4 is 6.08 Å². The highest BCUT2D eigenvalue weighted by Crippen LogP contribution is 2.33. The minimum Gasteiger partial charge on any atom is -0.393 e. The predicted octanol–water partition coefficient (Wildman–Crippen LogP) is 4.75. The quantitative estimate of drug-likeness (QED) is 0.663. The molecule has 5 nitrogen and oxygen atoms in total. The van der Waals surface area contributed by atoms with Crippen molar-refractivity contribution in [3.8, 4) is 17.1 Å². The topological polar surface area (TPSA) is 60.2 Å². The van der Waals surface area contributed by atoms with Crippen LogP contribution in [0.2, 0.25) is 0 Å². The van der Waals surface area contributed by atoms with Gasteiger partial charge in [-0.1, -0.05) is 32.1 Å². The van der Waals surface area contributed by atoms with Gasteiger partial charge >= 0.3 is 0 Å². The minimum atomic E-state index is -0.342.